The summed E-state index contributed by atoms with van der Waals surface area (Å²) in [5, 5.41) is 4.03. The Bertz CT molecular complexity index is 993. The number of rotatable bonds is 9. The molecule has 2 aromatic carbocycles. The van der Waals surface area contributed by atoms with Crippen LogP contribution < -0.4 is 10.1 Å². The molecule has 1 saturated heterocycles. The highest BCUT2D eigenvalue weighted by atomic mass is 35.5. The summed E-state index contributed by atoms with van der Waals surface area (Å²) < 4.78 is 5.91. The van der Waals surface area contributed by atoms with Gasteiger partial charge in [-0.25, -0.2) is 0 Å². The molecule has 1 aliphatic heterocycles. The third-order valence-electron chi connectivity index (χ3n) is 5.99. The molecule has 5 nitrogen and oxygen atoms in total. The first-order chi connectivity index (χ1) is 16.2. The van der Waals surface area contributed by atoms with Gasteiger partial charge in [0.1, 0.15) is 5.75 Å². The van der Waals surface area contributed by atoms with E-state index in [1.165, 1.54) is 0 Å². The Labute approximate surface area is 200 Å². The number of aromatic nitrogens is 1. The first-order valence-corrected chi connectivity index (χ1v) is 12.0. The van der Waals surface area contributed by atoms with Crippen molar-refractivity contribution in [3.8, 4) is 5.75 Å². The Morgan fingerprint density at radius 2 is 1.76 bits per heavy atom. The minimum Gasteiger partial charge on any atom is -0.494 e. The number of halogens is 1. The maximum absolute atomic E-state index is 13.8. The minimum absolute atomic E-state index is 0.0137. The summed E-state index contributed by atoms with van der Waals surface area (Å²) in [6.45, 7) is 2.86. The van der Waals surface area contributed by atoms with E-state index in [0.717, 1.165) is 49.4 Å². The van der Waals surface area contributed by atoms with Crippen molar-refractivity contribution in [2.24, 2.45) is 5.92 Å². The van der Waals surface area contributed by atoms with E-state index in [1.54, 1.807) is 6.20 Å². The number of carbonyl (C=O) groups is 1. The largest absolute Gasteiger partial charge is 0.494 e. The number of hydrogen-bond acceptors (Lipinski definition) is 4. The first kappa shape index (κ1) is 23.3. The number of pyridine rings is 1. The Morgan fingerprint density at radius 1 is 1.03 bits per heavy atom. The van der Waals surface area contributed by atoms with Crippen molar-refractivity contribution in [2.45, 2.75) is 25.3 Å². The maximum atomic E-state index is 13.8. The zero-order valence-corrected chi connectivity index (χ0v) is 19.5. The molecule has 0 aliphatic carbocycles. The average Bonchev–Trinajstić information content (AvgIpc) is 2.88. The number of ether oxygens (including phenoxy) is 1. The molecule has 1 N–H and O–H groups in total. The van der Waals surface area contributed by atoms with Crippen LogP contribution >= 0.6 is 11.6 Å². The number of carbonyl (C=O) groups excluding carboxylic acids is 1. The van der Waals surface area contributed by atoms with Crippen LogP contribution in [0.15, 0.2) is 79.0 Å². The number of piperidine rings is 1. The molecule has 3 aromatic rings. The van der Waals surface area contributed by atoms with Crippen molar-refractivity contribution >= 4 is 17.5 Å². The quantitative estimate of drug-likeness (QED) is 0.447. The SMILES string of the molecule is O=C(C1CCNCC1)N(CCCOc1ccccc1)[C@H](c1ccc(Cl)cc1)c1ccccn1. The maximum Gasteiger partial charge on any atom is 0.226 e. The van der Waals surface area contributed by atoms with Crippen LogP contribution in [0.4, 0.5) is 0 Å². The molecule has 1 atom stereocenters. The van der Waals surface area contributed by atoms with Gasteiger partial charge in [-0.2, -0.15) is 0 Å². The number of nitrogens with one attached hydrogen (secondary N) is 1. The molecule has 0 spiro atoms. The van der Waals surface area contributed by atoms with E-state index >= 15 is 0 Å². The van der Waals surface area contributed by atoms with Crippen molar-refractivity contribution < 1.29 is 9.53 Å². The fourth-order valence-corrected chi connectivity index (χ4v) is 4.43. The second-order valence-electron chi connectivity index (χ2n) is 8.28. The van der Waals surface area contributed by atoms with E-state index in [4.69, 9.17) is 16.3 Å². The van der Waals surface area contributed by atoms with Crippen LogP contribution in [0.25, 0.3) is 0 Å². The van der Waals surface area contributed by atoms with Gasteiger partial charge in [-0.05, 0) is 74.3 Å². The number of amides is 1. The van der Waals surface area contributed by atoms with Crippen LogP contribution in [-0.2, 0) is 4.79 Å². The lowest BCUT2D eigenvalue weighted by Crippen LogP contribution is -2.44. The molecule has 4 rings (SSSR count). The van der Waals surface area contributed by atoms with Crippen LogP contribution in [-0.4, -0.2) is 42.0 Å². The molecule has 0 saturated carbocycles. The molecule has 0 unspecified atom stereocenters. The fraction of sp³-hybridized carbons (Fsp3) is 0.333. The van der Waals surface area contributed by atoms with E-state index in [2.05, 4.69) is 10.3 Å². The standard InChI is InChI=1S/C27H30ClN3O2/c28-23-12-10-21(11-13-23)26(25-9-4-5-16-30-25)31(27(32)22-14-17-29-18-15-22)19-6-20-33-24-7-2-1-3-8-24/h1-5,7-13,16,22,26,29H,6,14-15,17-20H2/t26-/m1/s1. The van der Waals surface area contributed by atoms with Crippen molar-refractivity contribution in [2.75, 3.05) is 26.2 Å². The summed E-state index contributed by atoms with van der Waals surface area (Å²) in [5.74, 6) is 1.04. The molecule has 1 amide bonds. The van der Waals surface area contributed by atoms with Gasteiger partial charge in [0.05, 0.1) is 18.3 Å². The molecule has 0 radical (unpaired) electrons. The monoisotopic (exact) mass is 463 g/mol. The molecule has 2 heterocycles. The van der Waals surface area contributed by atoms with E-state index < -0.39 is 0 Å². The Kier molecular flexibility index (Phi) is 8.34. The van der Waals surface area contributed by atoms with E-state index in [9.17, 15) is 4.79 Å². The summed E-state index contributed by atoms with van der Waals surface area (Å²) in [5.41, 5.74) is 1.86. The van der Waals surface area contributed by atoms with E-state index in [0.29, 0.717) is 18.2 Å². The highest BCUT2D eigenvalue weighted by Crippen LogP contribution is 2.31. The first-order valence-electron chi connectivity index (χ1n) is 11.6. The number of benzene rings is 2. The number of para-hydroxylation sites is 1. The smallest absolute Gasteiger partial charge is 0.226 e. The molecular weight excluding hydrogens is 434 g/mol. The summed E-state index contributed by atoms with van der Waals surface area (Å²) in [6.07, 6.45) is 4.21. The summed E-state index contributed by atoms with van der Waals surface area (Å²) >= 11 is 6.17. The molecular formula is C27H30ClN3O2. The van der Waals surface area contributed by atoms with Gasteiger partial charge in [0, 0.05) is 23.7 Å². The highest BCUT2D eigenvalue weighted by molar-refractivity contribution is 6.30. The van der Waals surface area contributed by atoms with Crippen molar-refractivity contribution in [3.63, 3.8) is 0 Å². The Hall–Kier alpha value is -2.89. The van der Waals surface area contributed by atoms with Crippen molar-refractivity contribution in [3.05, 3.63) is 95.3 Å². The van der Waals surface area contributed by atoms with Crippen LogP contribution in [0.2, 0.25) is 5.02 Å². The highest BCUT2D eigenvalue weighted by Gasteiger charge is 2.32. The Morgan fingerprint density at radius 3 is 2.45 bits per heavy atom. The summed E-state index contributed by atoms with van der Waals surface area (Å²) in [6, 6.07) is 23.1. The predicted molar refractivity (Wildman–Crippen MR) is 131 cm³/mol. The van der Waals surface area contributed by atoms with Gasteiger partial charge >= 0.3 is 0 Å². The molecule has 1 fully saturated rings. The van der Waals surface area contributed by atoms with Crippen molar-refractivity contribution in [1.29, 1.82) is 0 Å². The topological polar surface area (TPSA) is 54.5 Å². The van der Waals surface area contributed by atoms with Crippen LogP contribution in [0.5, 0.6) is 5.75 Å². The van der Waals surface area contributed by atoms with Crippen LogP contribution in [0.3, 0.4) is 0 Å². The Balaban J connectivity index is 1.59. The number of hydrogen-bond donors (Lipinski definition) is 1. The summed E-state index contributed by atoms with van der Waals surface area (Å²) in [4.78, 5) is 20.4. The average molecular weight is 464 g/mol. The van der Waals surface area contributed by atoms with Gasteiger partial charge in [0.15, 0.2) is 0 Å². The fourth-order valence-electron chi connectivity index (χ4n) is 4.30. The van der Waals surface area contributed by atoms with Gasteiger partial charge in [0.25, 0.3) is 0 Å². The summed E-state index contributed by atoms with van der Waals surface area (Å²) in [7, 11) is 0. The lowest BCUT2D eigenvalue weighted by molar-refractivity contribution is -0.138. The second-order valence-corrected chi connectivity index (χ2v) is 8.72. The third-order valence-corrected chi connectivity index (χ3v) is 6.24. The molecule has 0 bridgehead atoms. The van der Waals surface area contributed by atoms with Gasteiger partial charge in [-0.15, -0.1) is 0 Å². The van der Waals surface area contributed by atoms with Gasteiger partial charge in [-0.1, -0.05) is 48.0 Å². The zero-order chi connectivity index (χ0) is 22.9. The third kappa shape index (κ3) is 6.34. The molecule has 6 heteroatoms. The lowest BCUT2D eigenvalue weighted by atomic mass is 9.93. The van der Waals surface area contributed by atoms with Gasteiger partial charge < -0.3 is 15.0 Å². The lowest BCUT2D eigenvalue weighted by Gasteiger charge is -2.36. The predicted octanol–water partition coefficient (Wildman–Crippen LogP) is 5.12. The molecule has 1 aliphatic rings. The van der Waals surface area contributed by atoms with Crippen molar-refractivity contribution in [1.82, 2.24) is 15.2 Å². The normalized spacial score (nSPS) is 15.1. The van der Waals surface area contributed by atoms with Crippen LogP contribution in [0, 0.1) is 5.92 Å². The zero-order valence-electron chi connectivity index (χ0n) is 18.7. The minimum atomic E-state index is -0.275. The number of nitrogens with zero attached hydrogens (tertiary/aromatic N) is 2. The van der Waals surface area contributed by atoms with Crippen LogP contribution in [0.1, 0.15) is 36.6 Å². The second kappa shape index (κ2) is 11.8. The van der Waals surface area contributed by atoms with E-state index in [1.807, 2.05) is 77.7 Å². The van der Waals surface area contributed by atoms with Gasteiger partial charge in [0.2, 0.25) is 5.91 Å². The molecule has 1 aromatic heterocycles. The van der Waals surface area contributed by atoms with E-state index in [-0.39, 0.29) is 17.9 Å². The molecule has 172 valence electrons. The molecule has 33 heavy (non-hydrogen) atoms. The van der Waals surface area contributed by atoms with Gasteiger partial charge in [-0.3, -0.25) is 9.78 Å².